The molecule has 0 bridgehead atoms. The first-order valence-electron chi connectivity index (χ1n) is 7.67. The average Bonchev–Trinajstić information content (AvgIpc) is 2.40. The summed E-state index contributed by atoms with van der Waals surface area (Å²) in [7, 11) is 3.37. The number of methoxy groups -OCH3 is 1. The lowest BCUT2D eigenvalue weighted by molar-refractivity contribution is 0.0264. The van der Waals surface area contributed by atoms with Crippen LogP contribution in [-0.4, -0.2) is 69.0 Å². The van der Waals surface area contributed by atoms with Crippen LogP contribution in [0.4, 0.5) is 4.79 Å². The molecule has 0 aromatic rings. The highest BCUT2D eigenvalue weighted by Gasteiger charge is 2.20. The summed E-state index contributed by atoms with van der Waals surface area (Å²) in [5, 5.41) is 6.38. The number of ether oxygens (including phenoxy) is 2. The van der Waals surface area contributed by atoms with Crippen molar-refractivity contribution < 1.29 is 14.3 Å². The first kappa shape index (κ1) is 20.5. The number of hydrogen-bond acceptors (Lipinski definition) is 4. The Balaban J connectivity index is 4.25. The minimum Gasteiger partial charge on any atom is -0.444 e. The number of guanidine groups is 1. The van der Waals surface area contributed by atoms with Crippen molar-refractivity contribution in [2.45, 2.75) is 46.3 Å². The first-order valence-corrected chi connectivity index (χ1v) is 7.67. The number of hydrogen-bond donors (Lipinski definition) is 2. The minimum atomic E-state index is -0.481. The van der Waals surface area contributed by atoms with E-state index in [2.05, 4.69) is 15.6 Å². The summed E-state index contributed by atoms with van der Waals surface area (Å²) in [6.07, 6.45) is -0.299. The topological polar surface area (TPSA) is 75.2 Å². The van der Waals surface area contributed by atoms with Gasteiger partial charge in [-0.25, -0.2) is 4.79 Å². The Morgan fingerprint density at radius 2 is 2.00 bits per heavy atom. The normalized spacial score (nSPS) is 13.5. The second-order valence-corrected chi connectivity index (χ2v) is 6.06. The van der Waals surface area contributed by atoms with Gasteiger partial charge in [0.1, 0.15) is 5.60 Å². The molecular weight excluding hydrogens is 284 g/mol. The van der Waals surface area contributed by atoms with Crippen LogP contribution < -0.4 is 10.6 Å². The van der Waals surface area contributed by atoms with Gasteiger partial charge in [0.15, 0.2) is 5.96 Å². The van der Waals surface area contributed by atoms with E-state index < -0.39 is 5.60 Å². The molecule has 0 aliphatic rings. The number of nitrogens with zero attached hydrogens (tertiary/aromatic N) is 2. The molecule has 0 aliphatic heterocycles. The zero-order valence-corrected chi connectivity index (χ0v) is 15.0. The predicted molar refractivity (Wildman–Crippen MR) is 89.3 cm³/mol. The fourth-order valence-corrected chi connectivity index (χ4v) is 1.73. The van der Waals surface area contributed by atoms with Crippen molar-refractivity contribution in [1.82, 2.24) is 15.5 Å². The lowest BCUT2D eigenvalue weighted by Gasteiger charge is -2.27. The van der Waals surface area contributed by atoms with E-state index in [-0.39, 0.29) is 12.1 Å². The number of carbonyl (C=O) groups excluding carboxylic acids is 1. The molecule has 0 fully saturated rings. The van der Waals surface area contributed by atoms with Gasteiger partial charge in [0, 0.05) is 39.8 Å². The third kappa shape index (κ3) is 9.44. The van der Waals surface area contributed by atoms with Crippen molar-refractivity contribution in [2.75, 3.05) is 40.4 Å². The SMILES string of the molecule is CCN(CCNC(=NC)NC(C)COC)C(=O)OC(C)(C)C. The number of aliphatic imine (C=N–C) groups is 1. The molecule has 0 aromatic carbocycles. The lowest BCUT2D eigenvalue weighted by atomic mass is 10.2. The van der Waals surface area contributed by atoms with Crippen molar-refractivity contribution in [3.8, 4) is 0 Å². The summed E-state index contributed by atoms with van der Waals surface area (Å²) >= 11 is 0. The van der Waals surface area contributed by atoms with E-state index in [0.717, 1.165) is 0 Å². The molecule has 0 spiro atoms. The molecule has 0 saturated carbocycles. The van der Waals surface area contributed by atoms with E-state index in [4.69, 9.17) is 9.47 Å². The molecule has 130 valence electrons. The van der Waals surface area contributed by atoms with E-state index in [9.17, 15) is 4.79 Å². The van der Waals surface area contributed by atoms with Crippen LogP contribution in [-0.2, 0) is 9.47 Å². The van der Waals surface area contributed by atoms with Crippen molar-refractivity contribution >= 4 is 12.1 Å². The van der Waals surface area contributed by atoms with Crippen LogP contribution in [0.1, 0.15) is 34.6 Å². The number of likely N-dealkylation sites (N-methyl/N-ethyl adjacent to an activating group) is 1. The molecular formula is C15H32N4O3. The zero-order valence-electron chi connectivity index (χ0n) is 15.0. The van der Waals surface area contributed by atoms with Gasteiger partial charge in [0.05, 0.1) is 6.61 Å². The van der Waals surface area contributed by atoms with Crippen LogP contribution in [0, 0.1) is 0 Å². The van der Waals surface area contributed by atoms with Gasteiger partial charge in [-0.1, -0.05) is 0 Å². The zero-order chi connectivity index (χ0) is 17.2. The molecule has 1 amide bonds. The second kappa shape index (κ2) is 10.3. The van der Waals surface area contributed by atoms with Gasteiger partial charge in [-0.05, 0) is 34.6 Å². The minimum absolute atomic E-state index is 0.157. The summed E-state index contributed by atoms with van der Waals surface area (Å²) in [6, 6.07) is 0.157. The highest BCUT2D eigenvalue weighted by Crippen LogP contribution is 2.09. The molecule has 7 nitrogen and oxygen atoms in total. The number of carbonyl (C=O) groups is 1. The van der Waals surface area contributed by atoms with Crippen LogP contribution in [0.15, 0.2) is 4.99 Å². The summed E-state index contributed by atoms with van der Waals surface area (Å²) in [6.45, 7) is 11.9. The molecule has 0 aliphatic carbocycles. The smallest absolute Gasteiger partial charge is 0.410 e. The van der Waals surface area contributed by atoms with Gasteiger partial charge in [0.2, 0.25) is 0 Å². The van der Waals surface area contributed by atoms with Crippen molar-refractivity contribution in [1.29, 1.82) is 0 Å². The molecule has 0 aromatic heterocycles. The van der Waals surface area contributed by atoms with Crippen molar-refractivity contribution in [3.63, 3.8) is 0 Å². The van der Waals surface area contributed by atoms with Gasteiger partial charge in [0.25, 0.3) is 0 Å². The Bertz CT molecular complexity index is 353. The van der Waals surface area contributed by atoms with E-state index >= 15 is 0 Å². The maximum absolute atomic E-state index is 12.0. The third-order valence-corrected chi connectivity index (χ3v) is 2.73. The van der Waals surface area contributed by atoms with E-state index in [0.29, 0.717) is 32.2 Å². The molecule has 7 heteroatoms. The van der Waals surface area contributed by atoms with Gasteiger partial charge in [-0.2, -0.15) is 0 Å². The summed E-state index contributed by atoms with van der Waals surface area (Å²) in [5.41, 5.74) is -0.481. The molecule has 22 heavy (non-hydrogen) atoms. The fourth-order valence-electron chi connectivity index (χ4n) is 1.73. The average molecular weight is 316 g/mol. The van der Waals surface area contributed by atoms with Crippen LogP contribution in [0.2, 0.25) is 0 Å². The van der Waals surface area contributed by atoms with Gasteiger partial charge in [-0.3, -0.25) is 4.99 Å². The summed E-state index contributed by atoms with van der Waals surface area (Å²) in [5.74, 6) is 0.685. The lowest BCUT2D eigenvalue weighted by Crippen LogP contribution is -2.47. The van der Waals surface area contributed by atoms with Gasteiger partial charge >= 0.3 is 6.09 Å². The maximum atomic E-state index is 12.0. The van der Waals surface area contributed by atoms with Crippen LogP contribution in [0.25, 0.3) is 0 Å². The Morgan fingerprint density at radius 3 is 2.45 bits per heavy atom. The summed E-state index contributed by atoms with van der Waals surface area (Å²) in [4.78, 5) is 17.8. The molecule has 0 rings (SSSR count). The quantitative estimate of drug-likeness (QED) is 0.549. The molecule has 0 heterocycles. The first-order chi connectivity index (χ1) is 10.2. The highest BCUT2D eigenvalue weighted by atomic mass is 16.6. The second-order valence-electron chi connectivity index (χ2n) is 6.06. The van der Waals surface area contributed by atoms with E-state index in [1.54, 1.807) is 19.1 Å². The van der Waals surface area contributed by atoms with Crippen LogP contribution in [0.3, 0.4) is 0 Å². The highest BCUT2D eigenvalue weighted by molar-refractivity contribution is 5.80. The standard InChI is InChI=1S/C15H32N4O3/c1-8-19(14(20)22-15(3,4)5)10-9-17-13(16-6)18-12(2)11-21-7/h12H,8-11H2,1-7H3,(H2,16,17,18). The van der Waals surface area contributed by atoms with Crippen LogP contribution in [0.5, 0.6) is 0 Å². The third-order valence-electron chi connectivity index (χ3n) is 2.73. The van der Waals surface area contributed by atoms with Crippen LogP contribution >= 0.6 is 0 Å². The number of nitrogens with one attached hydrogen (secondary N) is 2. The Hall–Kier alpha value is -1.50. The fraction of sp³-hybridized carbons (Fsp3) is 0.867. The summed E-state index contributed by atoms with van der Waals surface area (Å²) < 4.78 is 10.4. The molecule has 1 unspecified atom stereocenters. The van der Waals surface area contributed by atoms with E-state index in [1.807, 2.05) is 34.6 Å². The Kier molecular flexibility index (Phi) is 9.56. The molecule has 0 saturated heterocycles. The predicted octanol–water partition coefficient (Wildman–Crippen LogP) is 1.44. The number of rotatable bonds is 7. The Labute approximate surface area is 134 Å². The maximum Gasteiger partial charge on any atom is 0.410 e. The van der Waals surface area contributed by atoms with Gasteiger partial charge in [-0.15, -0.1) is 0 Å². The largest absolute Gasteiger partial charge is 0.444 e. The number of amides is 1. The van der Waals surface area contributed by atoms with Gasteiger partial charge < -0.3 is 25.0 Å². The van der Waals surface area contributed by atoms with Crippen molar-refractivity contribution in [2.24, 2.45) is 4.99 Å². The molecule has 1 atom stereocenters. The van der Waals surface area contributed by atoms with E-state index in [1.165, 1.54) is 0 Å². The van der Waals surface area contributed by atoms with Crippen molar-refractivity contribution in [3.05, 3.63) is 0 Å². The Morgan fingerprint density at radius 1 is 1.36 bits per heavy atom. The molecule has 0 radical (unpaired) electrons. The molecule has 2 N–H and O–H groups in total. The monoisotopic (exact) mass is 316 g/mol.